The maximum atomic E-state index is 5.70. The monoisotopic (exact) mass is 322 g/mol. The average Bonchev–Trinajstić information content (AvgIpc) is 3.23. The van der Waals surface area contributed by atoms with Crippen molar-refractivity contribution in [3.63, 3.8) is 0 Å². The molecule has 1 heterocycles. The number of unbranched alkanes of at least 4 members (excludes halogenated alkanes) is 1. The van der Waals surface area contributed by atoms with Crippen LogP contribution in [0, 0.1) is 5.92 Å². The van der Waals surface area contributed by atoms with Crippen LogP contribution in [0.25, 0.3) is 0 Å². The van der Waals surface area contributed by atoms with Gasteiger partial charge >= 0.3 is 0 Å². The Bertz CT molecular complexity index is 443. The lowest BCUT2D eigenvalue weighted by Gasteiger charge is -2.22. The molecule has 1 aliphatic carbocycles. The molecule has 0 aromatic carbocycles. The average molecular weight is 322 g/mol. The molecule has 0 aliphatic heterocycles. The Morgan fingerprint density at radius 1 is 1.35 bits per heavy atom. The van der Waals surface area contributed by atoms with Crippen LogP contribution in [-0.4, -0.2) is 65.5 Å². The zero-order chi connectivity index (χ0) is 16.3. The van der Waals surface area contributed by atoms with E-state index in [2.05, 4.69) is 34.4 Å². The summed E-state index contributed by atoms with van der Waals surface area (Å²) < 4.78 is 7.70. The second-order valence-corrected chi connectivity index (χ2v) is 6.08. The lowest BCUT2D eigenvalue weighted by Crippen LogP contribution is -2.40. The molecule has 23 heavy (non-hydrogen) atoms. The van der Waals surface area contributed by atoms with E-state index in [1.807, 2.05) is 4.57 Å². The smallest absolute Gasteiger partial charge is 0.193 e. The van der Waals surface area contributed by atoms with Crippen molar-refractivity contribution in [1.29, 1.82) is 0 Å². The van der Waals surface area contributed by atoms with Crippen LogP contribution in [-0.2, 0) is 11.3 Å². The molecule has 0 atom stereocenters. The summed E-state index contributed by atoms with van der Waals surface area (Å²) in [5, 5.41) is 11.0. The van der Waals surface area contributed by atoms with Crippen LogP contribution >= 0.6 is 0 Å². The molecule has 0 bridgehead atoms. The third-order valence-corrected chi connectivity index (χ3v) is 3.87. The topological polar surface area (TPSA) is 67.6 Å². The van der Waals surface area contributed by atoms with Crippen molar-refractivity contribution in [2.75, 3.05) is 39.9 Å². The van der Waals surface area contributed by atoms with E-state index in [1.54, 1.807) is 12.7 Å². The number of nitrogens with zero attached hydrogens (tertiary/aromatic N) is 5. The number of aromatic nitrogens is 3. The molecule has 1 N–H and O–H groups in total. The zero-order valence-electron chi connectivity index (χ0n) is 14.4. The Morgan fingerprint density at radius 2 is 2.13 bits per heavy atom. The SMILES string of the molecule is CCNC(=NCCCCn1cnnc1)N(C)CCOCC1CC1. The first-order valence-corrected chi connectivity index (χ1v) is 8.69. The molecule has 7 nitrogen and oxygen atoms in total. The first-order valence-electron chi connectivity index (χ1n) is 8.69. The van der Waals surface area contributed by atoms with Crippen molar-refractivity contribution in [3.8, 4) is 0 Å². The maximum absolute atomic E-state index is 5.70. The third kappa shape index (κ3) is 7.45. The highest BCUT2D eigenvalue weighted by atomic mass is 16.5. The van der Waals surface area contributed by atoms with E-state index in [9.17, 15) is 0 Å². The number of guanidine groups is 1. The van der Waals surface area contributed by atoms with Crippen molar-refractivity contribution in [1.82, 2.24) is 25.0 Å². The van der Waals surface area contributed by atoms with Gasteiger partial charge in [-0.1, -0.05) is 0 Å². The highest BCUT2D eigenvalue weighted by Crippen LogP contribution is 2.28. The standard InChI is InChI=1S/C16H30N6O/c1-3-17-16(21(2)10-11-23-12-15-6-7-15)18-8-4-5-9-22-13-19-20-14-22/h13-15H,3-12H2,1-2H3,(H,17,18). The van der Waals surface area contributed by atoms with Gasteiger partial charge in [-0.15, -0.1) is 10.2 Å². The summed E-state index contributed by atoms with van der Waals surface area (Å²) in [6.07, 6.45) is 8.32. The summed E-state index contributed by atoms with van der Waals surface area (Å²) in [6, 6.07) is 0. The number of hydrogen-bond acceptors (Lipinski definition) is 4. The van der Waals surface area contributed by atoms with Crippen LogP contribution in [0.1, 0.15) is 32.6 Å². The molecule has 130 valence electrons. The first-order chi connectivity index (χ1) is 11.3. The molecule has 2 rings (SSSR count). The highest BCUT2D eigenvalue weighted by molar-refractivity contribution is 5.79. The largest absolute Gasteiger partial charge is 0.379 e. The van der Waals surface area contributed by atoms with Crippen molar-refractivity contribution < 1.29 is 4.74 Å². The van der Waals surface area contributed by atoms with Crippen molar-refractivity contribution >= 4 is 5.96 Å². The number of ether oxygens (including phenoxy) is 1. The molecule has 0 saturated heterocycles. The number of rotatable bonds is 11. The normalized spacial score (nSPS) is 15.0. The molecule has 1 aromatic heterocycles. The molecule has 1 fully saturated rings. The first kappa shape index (κ1) is 17.7. The molecule has 1 aliphatic rings. The Labute approximate surface area is 139 Å². The van der Waals surface area contributed by atoms with Gasteiger partial charge in [0.2, 0.25) is 0 Å². The lowest BCUT2D eigenvalue weighted by molar-refractivity contribution is 0.115. The van der Waals surface area contributed by atoms with E-state index in [0.29, 0.717) is 0 Å². The Morgan fingerprint density at radius 3 is 2.83 bits per heavy atom. The summed E-state index contributed by atoms with van der Waals surface area (Å²) in [5.74, 6) is 1.79. The van der Waals surface area contributed by atoms with Crippen molar-refractivity contribution in [2.45, 2.75) is 39.2 Å². The second kappa shape index (κ2) is 10.2. The van der Waals surface area contributed by atoms with Gasteiger partial charge in [0.15, 0.2) is 5.96 Å². The quantitative estimate of drug-likeness (QED) is 0.379. The minimum atomic E-state index is 0.769. The van der Waals surface area contributed by atoms with Crippen LogP contribution < -0.4 is 5.32 Å². The van der Waals surface area contributed by atoms with Gasteiger partial charge in [0, 0.05) is 39.8 Å². The molecule has 1 saturated carbocycles. The number of aliphatic imine (C=N–C) groups is 1. The number of likely N-dealkylation sites (N-methyl/N-ethyl adjacent to an activating group) is 1. The number of hydrogen-bond donors (Lipinski definition) is 1. The van der Waals surface area contributed by atoms with Gasteiger partial charge < -0.3 is 19.5 Å². The summed E-state index contributed by atoms with van der Waals surface area (Å²) in [4.78, 5) is 6.84. The fourth-order valence-corrected chi connectivity index (χ4v) is 2.24. The second-order valence-electron chi connectivity index (χ2n) is 6.08. The zero-order valence-corrected chi connectivity index (χ0v) is 14.4. The van der Waals surface area contributed by atoms with Gasteiger partial charge in [0.1, 0.15) is 12.7 Å². The minimum Gasteiger partial charge on any atom is -0.379 e. The van der Waals surface area contributed by atoms with Gasteiger partial charge in [-0.3, -0.25) is 4.99 Å². The molecule has 0 unspecified atom stereocenters. The van der Waals surface area contributed by atoms with E-state index in [1.165, 1.54) is 12.8 Å². The van der Waals surface area contributed by atoms with Gasteiger partial charge in [-0.2, -0.15) is 0 Å². The van der Waals surface area contributed by atoms with E-state index in [-0.39, 0.29) is 0 Å². The van der Waals surface area contributed by atoms with Gasteiger partial charge in [0.05, 0.1) is 6.61 Å². The van der Waals surface area contributed by atoms with Gasteiger partial charge in [0.25, 0.3) is 0 Å². The van der Waals surface area contributed by atoms with E-state index >= 15 is 0 Å². The van der Waals surface area contributed by atoms with Crippen LogP contribution in [0.5, 0.6) is 0 Å². The predicted octanol–water partition coefficient (Wildman–Crippen LogP) is 1.38. The molecular formula is C16H30N6O. The fraction of sp³-hybridized carbons (Fsp3) is 0.812. The minimum absolute atomic E-state index is 0.769. The van der Waals surface area contributed by atoms with Gasteiger partial charge in [-0.05, 0) is 38.5 Å². The summed E-state index contributed by atoms with van der Waals surface area (Å²) in [6.45, 7) is 7.32. The highest BCUT2D eigenvalue weighted by Gasteiger charge is 2.21. The molecular weight excluding hydrogens is 292 g/mol. The number of nitrogens with one attached hydrogen (secondary N) is 1. The number of aryl methyl sites for hydroxylation is 1. The lowest BCUT2D eigenvalue weighted by atomic mass is 10.3. The van der Waals surface area contributed by atoms with Crippen LogP contribution in [0.15, 0.2) is 17.6 Å². The van der Waals surface area contributed by atoms with E-state index < -0.39 is 0 Å². The fourth-order valence-electron chi connectivity index (χ4n) is 2.24. The Kier molecular flexibility index (Phi) is 7.86. The van der Waals surface area contributed by atoms with Crippen molar-refractivity contribution in [3.05, 3.63) is 12.7 Å². The van der Waals surface area contributed by atoms with Crippen LogP contribution in [0.4, 0.5) is 0 Å². The van der Waals surface area contributed by atoms with E-state index in [0.717, 1.165) is 64.1 Å². The Hall–Kier alpha value is -1.63. The van der Waals surface area contributed by atoms with Crippen molar-refractivity contribution in [2.24, 2.45) is 10.9 Å². The summed E-state index contributed by atoms with van der Waals surface area (Å²) in [7, 11) is 2.07. The van der Waals surface area contributed by atoms with E-state index in [4.69, 9.17) is 9.73 Å². The molecule has 1 aromatic rings. The summed E-state index contributed by atoms with van der Waals surface area (Å²) >= 11 is 0. The third-order valence-electron chi connectivity index (χ3n) is 3.87. The maximum Gasteiger partial charge on any atom is 0.193 e. The summed E-state index contributed by atoms with van der Waals surface area (Å²) in [5.41, 5.74) is 0. The molecule has 7 heteroatoms. The van der Waals surface area contributed by atoms with Gasteiger partial charge in [-0.25, -0.2) is 0 Å². The molecule has 0 amide bonds. The van der Waals surface area contributed by atoms with Crippen LogP contribution in [0.2, 0.25) is 0 Å². The molecule has 0 radical (unpaired) electrons. The molecule has 0 spiro atoms. The predicted molar refractivity (Wildman–Crippen MR) is 91.4 cm³/mol. The Balaban J connectivity index is 1.61. The van der Waals surface area contributed by atoms with Crippen LogP contribution in [0.3, 0.4) is 0 Å².